The first-order valence-corrected chi connectivity index (χ1v) is 6.88. The van der Waals surface area contributed by atoms with Gasteiger partial charge in [0.05, 0.1) is 12.5 Å². The number of allylic oxidation sites excluding steroid dienone is 2. The molecule has 2 fully saturated rings. The quantitative estimate of drug-likeness (QED) is 0.569. The fraction of sp³-hybridized carbons (Fsp3) is 0.714. The predicted molar refractivity (Wildman–Crippen MR) is 64.9 cm³/mol. The first-order chi connectivity index (χ1) is 9.22. The summed E-state index contributed by atoms with van der Waals surface area (Å²) in [5.74, 6) is -0.0707. The molecule has 0 aromatic carbocycles. The van der Waals surface area contributed by atoms with Crippen molar-refractivity contribution in [3.05, 3.63) is 12.2 Å². The molecule has 0 N–H and O–H groups in total. The van der Waals surface area contributed by atoms with Gasteiger partial charge in [-0.1, -0.05) is 12.2 Å². The van der Waals surface area contributed by atoms with Crippen molar-refractivity contribution in [2.45, 2.75) is 32.0 Å². The fourth-order valence-electron chi connectivity index (χ4n) is 3.11. The van der Waals surface area contributed by atoms with E-state index in [4.69, 9.17) is 14.2 Å². The molecule has 0 amide bonds. The first kappa shape index (κ1) is 12.7. The van der Waals surface area contributed by atoms with Gasteiger partial charge in [0, 0.05) is 6.42 Å². The van der Waals surface area contributed by atoms with Gasteiger partial charge in [0.1, 0.15) is 0 Å². The summed E-state index contributed by atoms with van der Waals surface area (Å²) in [6.07, 6.45) is 7.30. The van der Waals surface area contributed by atoms with E-state index in [1.54, 1.807) is 0 Å². The van der Waals surface area contributed by atoms with Gasteiger partial charge in [0.15, 0.2) is 6.61 Å². The Kier molecular flexibility index (Phi) is 3.55. The van der Waals surface area contributed by atoms with Gasteiger partial charge in [-0.05, 0) is 31.1 Å². The highest BCUT2D eigenvalue weighted by Gasteiger charge is 2.40. The summed E-state index contributed by atoms with van der Waals surface area (Å²) >= 11 is 0. The summed E-state index contributed by atoms with van der Waals surface area (Å²) in [4.78, 5) is 23.4. The molecule has 5 heteroatoms. The first-order valence-electron chi connectivity index (χ1n) is 6.88. The van der Waals surface area contributed by atoms with Crippen LogP contribution >= 0.6 is 0 Å². The molecule has 0 spiro atoms. The number of fused-ring (bicyclic) bond motifs is 2. The monoisotopic (exact) mass is 266 g/mol. The average molecular weight is 266 g/mol. The third-order valence-corrected chi connectivity index (χ3v) is 4.06. The minimum Gasteiger partial charge on any atom is -0.453 e. The largest absolute Gasteiger partial charge is 0.453 e. The van der Waals surface area contributed by atoms with Crippen molar-refractivity contribution in [2.75, 3.05) is 13.2 Å². The van der Waals surface area contributed by atoms with Crippen molar-refractivity contribution < 1.29 is 23.8 Å². The molecule has 104 valence electrons. The van der Waals surface area contributed by atoms with Crippen molar-refractivity contribution >= 4 is 11.9 Å². The van der Waals surface area contributed by atoms with E-state index in [-0.39, 0.29) is 18.5 Å². The van der Waals surface area contributed by atoms with Crippen LogP contribution in [-0.4, -0.2) is 31.4 Å². The fourth-order valence-corrected chi connectivity index (χ4v) is 3.11. The van der Waals surface area contributed by atoms with E-state index in [2.05, 4.69) is 12.2 Å². The lowest BCUT2D eigenvalue weighted by atomic mass is 9.94. The molecule has 2 aliphatic carbocycles. The number of carbonyl (C=O) groups is 2. The molecule has 3 rings (SSSR count). The van der Waals surface area contributed by atoms with Crippen molar-refractivity contribution in [1.82, 2.24) is 0 Å². The highest BCUT2D eigenvalue weighted by molar-refractivity contribution is 5.78. The van der Waals surface area contributed by atoms with Crippen molar-refractivity contribution in [3.63, 3.8) is 0 Å². The average Bonchev–Trinajstić information content (AvgIpc) is 3.12. The maximum atomic E-state index is 11.9. The molecule has 5 nitrogen and oxygen atoms in total. The topological polar surface area (TPSA) is 61.8 Å². The van der Waals surface area contributed by atoms with Gasteiger partial charge in [-0.3, -0.25) is 4.79 Å². The molecule has 1 saturated heterocycles. The smallest absolute Gasteiger partial charge is 0.346 e. The number of hydrogen-bond donors (Lipinski definition) is 0. The summed E-state index contributed by atoms with van der Waals surface area (Å²) in [6.45, 7) is 0.311. The Balaban J connectivity index is 1.40. The van der Waals surface area contributed by atoms with E-state index in [0.29, 0.717) is 18.4 Å². The van der Waals surface area contributed by atoms with Crippen LogP contribution in [0.15, 0.2) is 12.2 Å². The van der Waals surface area contributed by atoms with Gasteiger partial charge in [0.2, 0.25) is 6.29 Å². The Morgan fingerprint density at radius 1 is 1.26 bits per heavy atom. The standard InChI is InChI=1S/C14H18O5/c15-12(19-13-2-1-5-17-13)8-18-14(16)11-7-9-3-4-10(11)6-9/h3-4,9-11,13H,1-2,5-8H2. The number of ether oxygens (including phenoxy) is 3. The Morgan fingerprint density at radius 3 is 2.79 bits per heavy atom. The van der Waals surface area contributed by atoms with Crippen LogP contribution in [0.2, 0.25) is 0 Å². The Bertz CT molecular complexity index is 397. The number of hydrogen-bond acceptors (Lipinski definition) is 5. The lowest BCUT2D eigenvalue weighted by Crippen LogP contribution is -2.26. The molecule has 1 aliphatic heterocycles. The molecule has 1 saturated carbocycles. The van der Waals surface area contributed by atoms with Gasteiger partial charge >= 0.3 is 11.9 Å². The summed E-state index contributed by atoms with van der Waals surface area (Å²) in [5.41, 5.74) is 0. The van der Waals surface area contributed by atoms with E-state index in [1.165, 1.54) is 0 Å². The molecule has 4 atom stereocenters. The Hall–Kier alpha value is -1.36. The van der Waals surface area contributed by atoms with E-state index < -0.39 is 12.3 Å². The molecular formula is C14H18O5. The summed E-state index contributed by atoms with van der Waals surface area (Å²) in [5, 5.41) is 0. The zero-order chi connectivity index (χ0) is 13.2. The zero-order valence-electron chi connectivity index (χ0n) is 10.7. The van der Waals surface area contributed by atoms with Gasteiger partial charge in [-0.25, -0.2) is 4.79 Å². The second kappa shape index (κ2) is 5.33. The molecular weight excluding hydrogens is 248 g/mol. The minimum absolute atomic E-state index is 0.0782. The lowest BCUT2D eigenvalue weighted by Gasteiger charge is -2.17. The lowest BCUT2D eigenvalue weighted by molar-refractivity contribution is -0.179. The van der Waals surface area contributed by atoms with Crippen LogP contribution in [0.4, 0.5) is 0 Å². The number of rotatable bonds is 4. The molecule has 19 heavy (non-hydrogen) atoms. The molecule has 0 aromatic rings. The second-order valence-electron chi connectivity index (χ2n) is 5.43. The maximum absolute atomic E-state index is 11.9. The van der Waals surface area contributed by atoms with Crippen LogP contribution in [0.3, 0.4) is 0 Å². The highest BCUT2D eigenvalue weighted by atomic mass is 16.7. The van der Waals surface area contributed by atoms with Crippen LogP contribution in [0, 0.1) is 17.8 Å². The van der Waals surface area contributed by atoms with E-state index in [1.807, 2.05) is 0 Å². The van der Waals surface area contributed by atoms with Gasteiger partial charge in [-0.15, -0.1) is 0 Å². The molecule has 4 unspecified atom stereocenters. The summed E-state index contributed by atoms with van der Waals surface area (Å²) in [7, 11) is 0. The normalized spacial score (nSPS) is 35.6. The van der Waals surface area contributed by atoms with Crippen molar-refractivity contribution in [2.24, 2.45) is 17.8 Å². The van der Waals surface area contributed by atoms with E-state index >= 15 is 0 Å². The van der Waals surface area contributed by atoms with Crippen LogP contribution in [0.1, 0.15) is 25.7 Å². The Morgan fingerprint density at radius 2 is 2.16 bits per heavy atom. The van der Waals surface area contributed by atoms with E-state index in [9.17, 15) is 9.59 Å². The van der Waals surface area contributed by atoms with Crippen LogP contribution in [0.5, 0.6) is 0 Å². The molecule has 1 heterocycles. The molecule has 0 aromatic heterocycles. The van der Waals surface area contributed by atoms with Crippen LogP contribution < -0.4 is 0 Å². The third-order valence-electron chi connectivity index (χ3n) is 4.06. The van der Waals surface area contributed by atoms with Crippen molar-refractivity contribution in [3.8, 4) is 0 Å². The zero-order valence-corrected chi connectivity index (χ0v) is 10.7. The van der Waals surface area contributed by atoms with Gasteiger partial charge in [-0.2, -0.15) is 0 Å². The SMILES string of the molecule is O=C(COC(=O)C1CC2C=CC1C2)OC1CCCO1. The molecule has 3 aliphatic rings. The molecule has 0 radical (unpaired) electrons. The summed E-state index contributed by atoms with van der Waals surface area (Å²) in [6, 6.07) is 0. The van der Waals surface area contributed by atoms with E-state index in [0.717, 1.165) is 25.7 Å². The number of esters is 2. The highest BCUT2D eigenvalue weighted by Crippen LogP contribution is 2.43. The Labute approximate surface area is 111 Å². The van der Waals surface area contributed by atoms with Gasteiger partial charge < -0.3 is 14.2 Å². The van der Waals surface area contributed by atoms with Crippen LogP contribution in [0.25, 0.3) is 0 Å². The predicted octanol–water partition coefficient (Wildman–Crippen LogP) is 1.42. The van der Waals surface area contributed by atoms with Crippen molar-refractivity contribution in [1.29, 1.82) is 0 Å². The summed E-state index contributed by atoms with van der Waals surface area (Å²) < 4.78 is 15.3. The van der Waals surface area contributed by atoms with Crippen LogP contribution in [-0.2, 0) is 23.8 Å². The second-order valence-corrected chi connectivity index (χ2v) is 5.43. The molecule has 2 bridgehead atoms. The third kappa shape index (κ3) is 2.81. The minimum atomic E-state index is -0.529. The maximum Gasteiger partial charge on any atom is 0.346 e. The number of carbonyl (C=O) groups excluding carboxylic acids is 2. The van der Waals surface area contributed by atoms with Gasteiger partial charge in [0.25, 0.3) is 0 Å².